The van der Waals surface area contributed by atoms with E-state index in [2.05, 4.69) is 9.17 Å². The number of ketones is 1. The molecule has 0 saturated carbocycles. The Kier molecular flexibility index (Phi) is 8.07. The number of aromatic nitrogens is 2. The van der Waals surface area contributed by atoms with Crippen molar-refractivity contribution in [2.24, 2.45) is 0 Å². The van der Waals surface area contributed by atoms with E-state index < -0.39 is 64.5 Å². The number of hydrogen-bond acceptors (Lipinski definition) is 10. The van der Waals surface area contributed by atoms with Crippen molar-refractivity contribution in [1.82, 2.24) is 9.55 Å². The highest BCUT2D eigenvalue weighted by Crippen LogP contribution is 2.22. The van der Waals surface area contributed by atoms with Gasteiger partial charge in [0.15, 0.2) is 16.7 Å². The number of aliphatic hydroxyl groups excluding tert-OH is 3. The monoisotopic (exact) mass is 496 g/mol. The largest absolute Gasteiger partial charge is 0.494 e. The number of hydrogen-bond donors (Lipinski definition) is 6. The second-order valence-electron chi connectivity index (χ2n) is 6.20. The van der Waals surface area contributed by atoms with Crippen LogP contribution in [0.1, 0.15) is 5.56 Å². The number of carbonyl (C=O) groups is 1. The van der Waals surface area contributed by atoms with Crippen LogP contribution in [0.15, 0.2) is 29.1 Å². The second kappa shape index (κ2) is 9.97. The van der Waals surface area contributed by atoms with Crippen LogP contribution in [-0.2, 0) is 25.8 Å². The van der Waals surface area contributed by atoms with Crippen LogP contribution in [0.2, 0.25) is 5.02 Å². The van der Waals surface area contributed by atoms with E-state index in [1.165, 1.54) is 24.3 Å². The van der Waals surface area contributed by atoms with Crippen molar-refractivity contribution in [3.05, 3.63) is 50.0 Å². The third-order valence-electron chi connectivity index (χ3n) is 4.05. The molecule has 0 aliphatic heterocycles. The fraction of sp³-hybridized carbons (Fsp3) is 0.312. The first-order valence-corrected chi connectivity index (χ1v) is 10.5. The summed E-state index contributed by atoms with van der Waals surface area (Å²) in [5.41, 5.74) is -1.31. The van der Waals surface area contributed by atoms with Crippen LogP contribution >= 0.6 is 23.8 Å². The normalized spacial score (nSPS) is 14.7. The average molecular weight is 497 g/mol. The predicted molar refractivity (Wildman–Crippen MR) is 108 cm³/mol. The van der Waals surface area contributed by atoms with Crippen molar-refractivity contribution in [2.45, 2.75) is 24.7 Å². The lowest BCUT2D eigenvalue weighted by Crippen LogP contribution is -2.47. The first-order chi connectivity index (χ1) is 14.4. The van der Waals surface area contributed by atoms with Crippen molar-refractivity contribution in [3.8, 4) is 11.6 Å². The van der Waals surface area contributed by atoms with Gasteiger partial charge in [-0.1, -0.05) is 11.6 Å². The molecule has 15 heteroatoms. The average Bonchev–Trinajstić information content (AvgIpc) is 2.68. The zero-order valence-corrected chi connectivity index (χ0v) is 17.8. The van der Waals surface area contributed by atoms with E-state index >= 15 is 0 Å². The summed E-state index contributed by atoms with van der Waals surface area (Å²) in [6.07, 6.45) is -7.71. The Bertz CT molecular complexity index is 1180. The number of benzene rings is 1. The highest BCUT2D eigenvalue weighted by atomic mass is 35.5. The number of nitrogens with zero attached hydrogens (tertiary/aromatic N) is 1. The van der Waals surface area contributed by atoms with Gasteiger partial charge in [0.1, 0.15) is 12.2 Å². The van der Waals surface area contributed by atoms with Crippen LogP contribution in [0.4, 0.5) is 0 Å². The fourth-order valence-corrected chi connectivity index (χ4v) is 3.46. The zero-order valence-electron chi connectivity index (χ0n) is 15.4. The molecule has 1 heterocycles. The lowest BCUT2D eigenvalue weighted by Gasteiger charge is -2.23. The van der Waals surface area contributed by atoms with Gasteiger partial charge >= 0.3 is 10.4 Å². The Morgan fingerprint density at radius 3 is 2.35 bits per heavy atom. The molecular weight excluding hydrogens is 480 g/mol. The van der Waals surface area contributed by atoms with Crippen molar-refractivity contribution < 1.29 is 42.4 Å². The number of H-pyrrole nitrogens is 1. The Morgan fingerprint density at radius 2 is 1.84 bits per heavy atom. The van der Waals surface area contributed by atoms with E-state index in [-0.39, 0.29) is 10.5 Å². The quantitative estimate of drug-likeness (QED) is 0.189. The van der Waals surface area contributed by atoms with Crippen molar-refractivity contribution >= 4 is 40.0 Å². The van der Waals surface area contributed by atoms with Crippen LogP contribution in [-0.4, -0.2) is 73.6 Å². The Morgan fingerprint density at radius 1 is 1.26 bits per heavy atom. The van der Waals surface area contributed by atoms with Gasteiger partial charge in [-0.05, 0) is 36.5 Å². The first-order valence-electron chi connectivity index (χ1n) is 8.34. The molecule has 12 nitrogen and oxygen atoms in total. The molecule has 0 aliphatic carbocycles. The summed E-state index contributed by atoms with van der Waals surface area (Å²) in [5.74, 6) is -2.09. The molecule has 170 valence electrons. The number of aromatic amines is 1. The lowest BCUT2D eigenvalue weighted by molar-refractivity contribution is -0.137. The molecular formula is C16H17ClN2O10S2. The van der Waals surface area contributed by atoms with Gasteiger partial charge in [-0.15, -0.1) is 0 Å². The molecule has 1 aromatic heterocycles. The summed E-state index contributed by atoms with van der Waals surface area (Å²) in [5, 5.41) is 39.3. The fourth-order valence-electron chi connectivity index (χ4n) is 2.57. The molecule has 0 fully saturated rings. The van der Waals surface area contributed by atoms with Crippen LogP contribution in [0, 0.1) is 4.77 Å². The minimum atomic E-state index is -5.29. The number of rotatable bonds is 9. The molecule has 1 aromatic carbocycles. The summed E-state index contributed by atoms with van der Waals surface area (Å²) < 4.78 is 35.8. The molecule has 0 saturated heterocycles. The van der Waals surface area contributed by atoms with E-state index in [0.717, 1.165) is 4.57 Å². The molecule has 2 rings (SSSR count). The number of halogens is 1. The Balaban J connectivity index is 2.51. The molecule has 0 radical (unpaired) electrons. The van der Waals surface area contributed by atoms with Gasteiger partial charge in [0, 0.05) is 11.4 Å². The minimum absolute atomic E-state index is 0.234. The highest BCUT2D eigenvalue weighted by molar-refractivity contribution is 7.80. The maximum Gasteiger partial charge on any atom is 0.398 e. The maximum atomic E-state index is 12.6. The van der Waals surface area contributed by atoms with Gasteiger partial charge in [-0.2, -0.15) is 8.42 Å². The van der Waals surface area contributed by atoms with Gasteiger partial charge in [-0.25, -0.2) is 4.18 Å². The van der Waals surface area contributed by atoms with Gasteiger partial charge in [0.2, 0.25) is 5.88 Å². The van der Waals surface area contributed by atoms with E-state index in [0.29, 0.717) is 5.02 Å². The molecule has 0 aliphatic rings. The number of aliphatic hydroxyl groups is 3. The third kappa shape index (κ3) is 6.18. The molecule has 6 N–H and O–H groups in total. The molecule has 0 bridgehead atoms. The van der Waals surface area contributed by atoms with Gasteiger partial charge in [0.25, 0.3) is 5.56 Å². The number of carbonyl (C=O) groups excluding carboxylic acids is 1. The second-order valence-corrected chi connectivity index (χ2v) is 8.07. The zero-order chi connectivity index (χ0) is 23.5. The van der Waals surface area contributed by atoms with Gasteiger partial charge in [-0.3, -0.25) is 23.7 Å². The minimum Gasteiger partial charge on any atom is -0.494 e. The smallest absolute Gasteiger partial charge is 0.398 e. The van der Waals surface area contributed by atoms with Crippen LogP contribution in [0.3, 0.4) is 0 Å². The summed E-state index contributed by atoms with van der Waals surface area (Å²) in [4.78, 5) is 27.1. The molecule has 31 heavy (non-hydrogen) atoms. The Hall–Kier alpha value is -2.17. The molecule has 2 aromatic rings. The van der Waals surface area contributed by atoms with E-state index in [9.17, 15) is 33.3 Å². The van der Waals surface area contributed by atoms with Crippen molar-refractivity contribution in [3.63, 3.8) is 0 Å². The maximum absolute atomic E-state index is 12.6. The summed E-state index contributed by atoms with van der Waals surface area (Å²) in [6.45, 7) is -1.08. The SMILES string of the molecule is O=C(Cc1c(O)n(-c2ccc(Cl)cc2)c(=S)[nH]c1=O)[C@@H](OS(=O)(=O)O)[C@H](O)[C@H](O)CO. The van der Waals surface area contributed by atoms with E-state index in [4.69, 9.17) is 33.5 Å². The summed E-state index contributed by atoms with van der Waals surface area (Å²) in [7, 11) is -5.29. The standard InChI is InChI=1S/C16H17ClN2O10S2/c17-7-1-3-8(4-2-7)19-15(25)9(14(24)18-16(19)30)5-10(21)13(29-31(26,27)28)12(23)11(22)6-20/h1-4,11-13,20,22-23,25H,5-6H2,(H,18,24,30)(H,26,27,28)/t11-,12-,13-/m1/s1. The number of Topliss-reactive ketones (excluding diaryl/α,β-unsaturated/α-hetero) is 1. The Labute approximate surface area is 184 Å². The topological polar surface area (TPSA) is 199 Å². The molecule has 0 spiro atoms. The number of aromatic hydroxyl groups is 1. The predicted octanol–water partition coefficient (Wildman–Crippen LogP) is -0.732. The van der Waals surface area contributed by atoms with E-state index in [1.54, 1.807) is 0 Å². The van der Waals surface area contributed by atoms with Gasteiger partial charge < -0.3 is 20.4 Å². The summed E-state index contributed by atoms with van der Waals surface area (Å²) >= 11 is 10.8. The van der Waals surface area contributed by atoms with Crippen LogP contribution in [0.5, 0.6) is 5.88 Å². The van der Waals surface area contributed by atoms with Crippen molar-refractivity contribution in [1.29, 1.82) is 0 Å². The number of nitrogens with one attached hydrogen (secondary N) is 1. The molecule has 3 atom stereocenters. The van der Waals surface area contributed by atoms with Crippen LogP contribution in [0.25, 0.3) is 5.69 Å². The van der Waals surface area contributed by atoms with Crippen LogP contribution < -0.4 is 5.56 Å². The first kappa shape index (κ1) is 25.1. The molecule has 0 amide bonds. The lowest BCUT2D eigenvalue weighted by atomic mass is 10.00. The highest BCUT2D eigenvalue weighted by Gasteiger charge is 2.37. The van der Waals surface area contributed by atoms with E-state index in [1.807, 2.05) is 0 Å². The molecule has 0 unspecified atom stereocenters. The van der Waals surface area contributed by atoms with Gasteiger partial charge in [0.05, 0.1) is 17.9 Å². The third-order valence-corrected chi connectivity index (χ3v) is 5.04. The van der Waals surface area contributed by atoms with Crippen molar-refractivity contribution in [2.75, 3.05) is 6.61 Å². The summed E-state index contributed by atoms with van der Waals surface area (Å²) in [6, 6.07) is 5.84.